The van der Waals surface area contributed by atoms with Crippen LogP contribution in [0.2, 0.25) is 0 Å². The minimum Gasteiger partial charge on any atom is -0.388 e. The second-order valence-electron chi connectivity index (χ2n) is 11.2. The number of hydrogen-bond acceptors (Lipinski definition) is 6. The highest BCUT2D eigenvalue weighted by Gasteiger charge is 2.32. The van der Waals surface area contributed by atoms with Crippen LogP contribution < -0.4 is 0 Å². The standard InChI is InChI=1S/C19H24F3N3O.C13H12F3N3O/c1-2-6-16-15(18(26)13-7-4-3-5-8-13)12-25(24-16)17-10-9-14(11-23-17)19(20,21)22;1-2-3-11-9(8-20)7-19(18-11)12-5-4-10(6-17-12)13(14,15)16/h9-13,18,26H,2-8H2,1H3;4-8H,2-3H2,1H3. The number of carbonyl (C=O) groups is 1. The molecule has 4 heterocycles. The number of carbonyl (C=O) groups excluding carboxylic acids is 1. The van der Waals surface area contributed by atoms with Gasteiger partial charge in [0.1, 0.15) is 0 Å². The first-order valence-electron chi connectivity index (χ1n) is 15.2. The van der Waals surface area contributed by atoms with Crippen molar-refractivity contribution in [3.8, 4) is 11.6 Å². The number of nitrogens with zero attached hydrogens (tertiary/aromatic N) is 6. The summed E-state index contributed by atoms with van der Waals surface area (Å²) in [5.74, 6) is 0.776. The highest BCUT2D eigenvalue weighted by atomic mass is 19.4. The number of halogens is 6. The Bertz CT molecular complexity index is 1560. The Kier molecular flexibility index (Phi) is 11.4. The van der Waals surface area contributed by atoms with Crippen LogP contribution in [-0.4, -0.2) is 40.9 Å². The molecule has 0 spiro atoms. The lowest BCUT2D eigenvalue weighted by Gasteiger charge is -2.26. The van der Waals surface area contributed by atoms with Crippen molar-refractivity contribution < 1.29 is 36.2 Å². The minimum absolute atomic E-state index is 0.220. The molecule has 0 saturated heterocycles. The van der Waals surface area contributed by atoms with Crippen LogP contribution >= 0.6 is 0 Å². The molecule has 0 aromatic carbocycles. The molecular weight excluding hydrogens is 614 g/mol. The zero-order valence-electron chi connectivity index (χ0n) is 25.5. The van der Waals surface area contributed by atoms with E-state index in [0.29, 0.717) is 36.2 Å². The summed E-state index contributed by atoms with van der Waals surface area (Å²) in [6.45, 7) is 3.98. The first-order valence-corrected chi connectivity index (χ1v) is 15.2. The van der Waals surface area contributed by atoms with E-state index >= 15 is 0 Å². The Balaban J connectivity index is 0.000000216. The van der Waals surface area contributed by atoms with Gasteiger partial charge in [-0.2, -0.15) is 36.5 Å². The number of aromatic nitrogens is 6. The second kappa shape index (κ2) is 15.0. The van der Waals surface area contributed by atoms with E-state index in [0.717, 1.165) is 74.3 Å². The number of aldehydes is 1. The maximum Gasteiger partial charge on any atom is 0.417 e. The second-order valence-corrected chi connectivity index (χ2v) is 11.2. The quantitative estimate of drug-likeness (QED) is 0.146. The van der Waals surface area contributed by atoms with Gasteiger partial charge in [-0.1, -0.05) is 46.0 Å². The summed E-state index contributed by atoms with van der Waals surface area (Å²) in [7, 11) is 0. The predicted octanol–water partition coefficient (Wildman–Crippen LogP) is 7.90. The molecule has 0 bridgehead atoms. The van der Waals surface area contributed by atoms with Crippen molar-refractivity contribution >= 4 is 6.29 Å². The Hall–Kier alpha value is -4.07. The first kappa shape index (κ1) is 34.8. The maximum absolute atomic E-state index is 12.7. The number of aliphatic hydroxyl groups excluding tert-OH is 1. The monoisotopic (exact) mass is 650 g/mol. The zero-order chi connectivity index (χ0) is 33.5. The van der Waals surface area contributed by atoms with E-state index in [1.54, 1.807) is 6.20 Å². The van der Waals surface area contributed by atoms with Gasteiger partial charge < -0.3 is 5.11 Å². The molecule has 1 unspecified atom stereocenters. The third-order valence-electron chi connectivity index (χ3n) is 7.78. The molecule has 1 fully saturated rings. The van der Waals surface area contributed by atoms with E-state index in [-0.39, 0.29) is 11.7 Å². The maximum atomic E-state index is 12.7. The largest absolute Gasteiger partial charge is 0.417 e. The van der Waals surface area contributed by atoms with Gasteiger partial charge in [0.2, 0.25) is 0 Å². The molecule has 248 valence electrons. The van der Waals surface area contributed by atoms with Crippen molar-refractivity contribution in [1.29, 1.82) is 0 Å². The number of rotatable bonds is 9. The van der Waals surface area contributed by atoms with Crippen molar-refractivity contribution in [2.45, 2.75) is 90.1 Å². The molecule has 5 rings (SSSR count). The molecule has 46 heavy (non-hydrogen) atoms. The zero-order valence-corrected chi connectivity index (χ0v) is 25.5. The topological polar surface area (TPSA) is 98.7 Å². The van der Waals surface area contributed by atoms with Gasteiger partial charge in [-0.3, -0.25) is 4.79 Å². The molecule has 4 aromatic heterocycles. The SMILES string of the molecule is CCCc1nn(-c2ccc(C(F)(F)F)cn2)cc1C(O)C1CCCCC1.CCCc1nn(-c2ccc(C(F)(F)F)cn2)cc1C=O. The van der Waals surface area contributed by atoms with Crippen molar-refractivity contribution in [3.63, 3.8) is 0 Å². The fourth-order valence-corrected chi connectivity index (χ4v) is 5.37. The summed E-state index contributed by atoms with van der Waals surface area (Å²) >= 11 is 0. The normalized spacial score (nSPS) is 14.9. The fraction of sp³-hybridized carbons (Fsp3) is 0.469. The average molecular weight is 651 g/mol. The van der Waals surface area contributed by atoms with Gasteiger partial charge in [-0.25, -0.2) is 19.3 Å². The number of aliphatic hydroxyl groups is 1. The van der Waals surface area contributed by atoms with E-state index in [9.17, 15) is 36.2 Å². The van der Waals surface area contributed by atoms with Gasteiger partial charge in [-0.05, 0) is 55.9 Å². The summed E-state index contributed by atoms with van der Waals surface area (Å²) < 4.78 is 78.2. The Labute approximate surface area is 262 Å². The molecule has 4 aromatic rings. The van der Waals surface area contributed by atoms with E-state index < -0.39 is 29.6 Å². The molecule has 1 aliphatic rings. The summed E-state index contributed by atoms with van der Waals surface area (Å²) in [5, 5.41) is 19.5. The molecule has 14 heteroatoms. The van der Waals surface area contributed by atoms with Gasteiger partial charge in [0.15, 0.2) is 17.9 Å². The smallest absolute Gasteiger partial charge is 0.388 e. The molecule has 8 nitrogen and oxygen atoms in total. The van der Waals surface area contributed by atoms with Crippen LogP contribution in [0.25, 0.3) is 11.6 Å². The average Bonchev–Trinajstić information content (AvgIpc) is 3.65. The molecule has 1 saturated carbocycles. The van der Waals surface area contributed by atoms with Crippen LogP contribution in [0.1, 0.15) is 103 Å². The van der Waals surface area contributed by atoms with Crippen LogP contribution in [0.4, 0.5) is 26.3 Å². The van der Waals surface area contributed by atoms with Crippen molar-refractivity contribution in [2.75, 3.05) is 0 Å². The van der Waals surface area contributed by atoms with Gasteiger partial charge >= 0.3 is 12.4 Å². The highest BCUT2D eigenvalue weighted by Crippen LogP contribution is 2.36. The number of aryl methyl sites for hydroxylation is 2. The van der Waals surface area contributed by atoms with E-state index in [2.05, 4.69) is 20.2 Å². The van der Waals surface area contributed by atoms with Crippen LogP contribution in [0.3, 0.4) is 0 Å². The van der Waals surface area contributed by atoms with E-state index in [1.807, 2.05) is 13.8 Å². The molecule has 0 amide bonds. The Morgan fingerprint density at radius 2 is 1.30 bits per heavy atom. The lowest BCUT2D eigenvalue weighted by Crippen LogP contribution is -2.16. The Morgan fingerprint density at radius 1 is 0.804 bits per heavy atom. The molecule has 1 atom stereocenters. The van der Waals surface area contributed by atoms with Gasteiger partial charge in [-0.15, -0.1) is 0 Å². The van der Waals surface area contributed by atoms with E-state index in [4.69, 9.17) is 0 Å². The number of pyridine rings is 2. The molecule has 0 aliphatic heterocycles. The van der Waals surface area contributed by atoms with Crippen molar-refractivity contribution in [2.24, 2.45) is 5.92 Å². The van der Waals surface area contributed by atoms with Crippen LogP contribution in [0, 0.1) is 5.92 Å². The van der Waals surface area contributed by atoms with Crippen molar-refractivity contribution in [1.82, 2.24) is 29.5 Å². The minimum atomic E-state index is -4.42. The van der Waals surface area contributed by atoms with Gasteiger partial charge in [0.05, 0.1) is 34.2 Å². The Morgan fingerprint density at radius 3 is 1.76 bits per heavy atom. The lowest BCUT2D eigenvalue weighted by molar-refractivity contribution is -0.138. The van der Waals surface area contributed by atoms with E-state index in [1.165, 1.54) is 34.1 Å². The molecular formula is C32H36F6N6O2. The summed E-state index contributed by atoms with van der Waals surface area (Å²) in [6.07, 6.45) is 4.50. The van der Waals surface area contributed by atoms with Gasteiger partial charge in [0, 0.05) is 30.4 Å². The lowest BCUT2D eigenvalue weighted by atomic mass is 9.82. The first-order chi connectivity index (χ1) is 21.8. The summed E-state index contributed by atoms with van der Waals surface area (Å²) in [4.78, 5) is 18.5. The molecule has 1 aliphatic carbocycles. The van der Waals surface area contributed by atoms with Crippen LogP contribution in [-0.2, 0) is 25.2 Å². The molecule has 0 radical (unpaired) electrons. The van der Waals surface area contributed by atoms with Crippen molar-refractivity contribution in [3.05, 3.63) is 82.7 Å². The number of hydrogen-bond donors (Lipinski definition) is 1. The summed E-state index contributed by atoms with van der Waals surface area (Å²) in [5.41, 5.74) is 1.01. The molecule has 1 N–H and O–H groups in total. The van der Waals surface area contributed by atoms with Gasteiger partial charge in [0.25, 0.3) is 0 Å². The summed E-state index contributed by atoms with van der Waals surface area (Å²) in [6, 6.07) is 4.47. The highest BCUT2D eigenvalue weighted by molar-refractivity contribution is 5.76. The van der Waals surface area contributed by atoms with Crippen LogP contribution in [0.5, 0.6) is 0 Å². The fourth-order valence-electron chi connectivity index (χ4n) is 5.37. The third kappa shape index (κ3) is 8.59. The number of alkyl halides is 6. The third-order valence-corrected chi connectivity index (χ3v) is 7.78. The predicted molar refractivity (Wildman–Crippen MR) is 158 cm³/mol. The van der Waals surface area contributed by atoms with Crippen LogP contribution in [0.15, 0.2) is 49.1 Å².